The molecule has 136 valence electrons. The fraction of sp³-hybridized carbons (Fsp3) is 0.250. The average Bonchev–Trinajstić information content (AvgIpc) is 3.07. The Kier molecular flexibility index (Phi) is 6.30. The molecule has 3 aromatic rings. The van der Waals surface area contributed by atoms with Crippen LogP contribution >= 0.6 is 35.0 Å². The van der Waals surface area contributed by atoms with Gasteiger partial charge in [0.2, 0.25) is 0 Å². The van der Waals surface area contributed by atoms with Gasteiger partial charge in [0.25, 0.3) is 0 Å². The number of hydrogen-bond acceptors (Lipinski definition) is 3. The zero-order valence-electron chi connectivity index (χ0n) is 14.4. The summed E-state index contributed by atoms with van der Waals surface area (Å²) in [5.74, 6) is 0.785. The first-order valence-electron chi connectivity index (χ1n) is 8.25. The van der Waals surface area contributed by atoms with Crippen molar-refractivity contribution in [2.24, 2.45) is 0 Å². The predicted octanol–water partition coefficient (Wildman–Crippen LogP) is 5.48. The lowest BCUT2D eigenvalue weighted by molar-refractivity contribution is 0.0421. The predicted molar refractivity (Wildman–Crippen MR) is 109 cm³/mol. The maximum Gasteiger partial charge on any atom is 0.0946 e. The van der Waals surface area contributed by atoms with Crippen LogP contribution in [-0.2, 0) is 18.7 Å². The number of thioether (sulfide) groups is 1. The largest absolute Gasteiger partial charge is 0.388 e. The molecule has 0 saturated heterocycles. The Hall–Kier alpha value is -1.46. The molecule has 0 aliphatic rings. The van der Waals surface area contributed by atoms with E-state index in [1.807, 2.05) is 29.8 Å². The Bertz CT molecular complexity index is 849. The van der Waals surface area contributed by atoms with Crippen LogP contribution in [-0.4, -0.2) is 20.3 Å². The number of imidazole rings is 1. The van der Waals surface area contributed by atoms with Crippen molar-refractivity contribution in [2.75, 3.05) is 0 Å². The van der Waals surface area contributed by atoms with Crippen LogP contribution in [0.1, 0.15) is 18.1 Å². The zero-order chi connectivity index (χ0) is 18.6. The fourth-order valence-electron chi connectivity index (χ4n) is 2.77. The van der Waals surface area contributed by atoms with Crippen molar-refractivity contribution < 1.29 is 5.11 Å². The molecule has 0 radical (unpaired) electrons. The maximum absolute atomic E-state index is 10.6. The van der Waals surface area contributed by atoms with E-state index in [1.54, 1.807) is 30.4 Å². The number of nitrogens with zero attached hydrogens (tertiary/aromatic N) is 2. The highest BCUT2D eigenvalue weighted by molar-refractivity contribution is 7.98. The van der Waals surface area contributed by atoms with Crippen molar-refractivity contribution in [1.29, 1.82) is 0 Å². The summed E-state index contributed by atoms with van der Waals surface area (Å²) in [5.41, 5.74) is 1.34. The molecule has 0 saturated carbocycles. The van der Waals surface area contributed by atoms with E-state index in [9.17, 15) is 5.11 Å². The van der Waals surface area contributed by atoms with Crippen LogP contribution in [0.25, 0.3) is 0 Å². The van der Waals surface area contributed by atoms with Crippen LogP contribution in [0, 0.1) is 0 Å². The van der Waals surface area contributed by atoms with Gasteiger partial charge in [-0.1, -0.05) is 41.4 Å². The lowest BCUT2D eigenvalue weighted by Crippen LogP contribution is -2.32. The SMILES string of the molecule is CC(O)(Cc1ccc(SCc2ccc(Cl)cc2Cl)cc1)Cn1ccnc1. The molecule has 0 bridgehead atoms. The Morgan fingerprint density at radius 3 is 2.58 bits per heavy atom. The van der Waals surface area contributed by atoms with E-state index in [4.69, 9.17) is 23.2 Å². The smallest absolute Gasteiger partial charge is 0.0946 e. The van der Waals surface area contributed by atoms with E-state index in [0.29, 0.717) is 23.0 Å². The van der Waals surface area contributed by atoms with Crippen molar-refractivity contribution in [3.05, 3.63) is 82.4 Å². The number of rotatable bonds is 7. The van der Waals surface area contributed by atoms with E-state index in [-0.39, 0.29) is 0 Å². The second-order valence-electron chi connectivity index (χ2n) is 6.58. The molecule has 0 aliphatic carbocycles. The fourth-order valence-corrected chi connectivity index (χ4v) is 4.23. The number of benzene rings is 2. The van der Waals surface area contributed by atoms with Gasteiger partial charge in [-0.15, -0.1) is 11.8 Å². The molecule has 3 nitrogen and oxygen atoms in total. The molecule has 0 fully saturated rings. The van der Waals surface area contributed by atoms with E-state index in [1.165, 1.54) is 0 Å². The molecule has 6 heteroatoms. The molecule has 0 spiro atoms. The highest BCUT2D eigenvalue weighted by Gasteiger charge is 2.21. The molecule has 1 N–H and O–H groups in total. The van der Waals surface area contributed by atoms with Crippen LogP contribution in [0.15, 0.2) is 66.1 Å². The summed E-state index contributed by atoms with van der Waals surface area (Å²) in [5, 5.41) is 12.0. The molecular formula is C20H20Cl2N2OS. The van der Waals surface area contributed by atoms with Crippen molar-refractivity contribution in [2.45, 2.75) is 36.1 Å². The van der Waals surface area contributed by atoms with Crippen LogP contribution in [0.3, 0.4) is 0 Å². The molecule has 26 heavy (non-hydrogen) atoms. The van der Waals surface area contributed by atoms with Gasteiger partial charge in [-0.2, -0.15) is 0 Å². The average molecular weight is 407 g/mol. The van der Waals surface area contributed by atoms with Crippen LogP contribution in [0.2, 0.25) is 10.0 Å². The molecular weight excluding hydrogens is 387 g/mol. The lowest BCUT2D eigenvalue weighted by Gasteiger charge is -2.24. The quantitative estimate of drug-likeness (QED) is 0.528. The van der Waals surface area contributed by atoms with Gasteiger partial charge >= 0.3 is 0 Å². The van der Waals surface area contributed by atoms with Crippen molar-refractivity contribution in [3.8, 4) is 0 Å². The van der Waals surface area contributed by atoms with Gasteiger partial charge in [-0.3, -0.25) is 0 Å². The number of halogens is 2. The first kappa shape index (κ1) is 19.3. The molecule has 0 aliphatic heterocycles. The van der Waals surface area contributed by atoms with E-state index < -0.39 is 5.60 Å². The number of aliphatic hydroxyl groups is 1. The van der Waals surface area contributed by atoms with Gasteiger partial charge in [0, 0.05) is 39.5 Å². The Balaban J connectivity index is 1.57. The summed E-state index contributed by atoms with van der Waals surface area (Å²) in [4.78, 5) is 5.17. The standard InChI is InChI=1S/C20H20Cl2N2OS/c1-20(25,13-24-9-8-23-14-24)11-15-2-6-18(7-3-15)26-12-16-4-5-17(21)10-19(16)22/h2-10,14,25H,11-13H2,1H3. The minimum Gasteiger partial charge on any atom is -0.388 e. The second-order valence-corrected chi connectivity index (χ2v) is 8.47. The normalized spacial score (nSPS) is 13.5. The monoisotopic (exact) mass is 406 g/mol. The Labute approximate surface area is 168 Å². The van der Waals surface area contributed by atoms with Gasteiger partial charge in [-0.25, -0.2) is 4.98 Å². The summed E-state index contributed by atoms with van der Waals surface area (Å²) in [6, 6.07) is 13.9. The molecule has 1 aromatic heterocycles. The van der Waals surface area contributed by atoms with Gasteiger partial charge in [0.15, 0.2) is 0 Å². The van der Waals surface area contributed by atoms with Crippen molar-refractivity contribution in [1.82, 2.24) is 9.55 Å². The zero-order valence-corrected chi connectivity index (χ0v) is 16.7. The summed E-state index contributed by atoms with van der Waals surface area (Å²) in [6.45, 7) is 2.36. The maximum atomic E-state index is 10.6. The Morgan fingerprint density at radius 1 is 1.15 bits per heavy atom. The topological polar surface area (TPSA) is 38.0 Å². The molecule has 1 heterocycles. The minimum atomic E-state index is -0.827. The van der Waals surface area contributed by atoms with Gasteiger partial charge in [0.05, 0.1) is 18.5 Å². The third kappa shape index (κ3) is 5.52. The summed E-state index contributed by atoms with van der Waals surface area (Å²) >= 11 is 13.9. The first-order valence-corrected chi connectivity index (χ1v) is 9.99. The first-order chi connectivity index (χ1) is 12.4. The molecule has 0 amide bonds. The highest BCUT2D eigenvalue weighted by atomic mass is 35.5. The van der Waals surface area contributed by atoms with E-state index in [0.717, 1.165) is 21.8 Å². The molecule has 3 rings (SSSR count). The van der Waals surface area contributed by atoms with Crippen molar-refractivity contribution >= 4 is 35.0 Å². The van der Waals surface area contributed by atoms with E-state index in [2.05, 4.69) is 29.2 Å². The lowest BCUT2D eigenvalue weighted by atomic mass is 9.96. The van der Waals surface area contributed by atoms with Crippen LogP contribution in [0.5, 0.6) is 0 Å². The minimum absolute atomic E-state index is 0.512. The van der Waals surface area contributed by atoms with E-state index >= 15 is 0 Å². The summed E-state index contributed by atoms with van der Waals surface area (Å²) < 4.78 is 1.89. The van der Waals surface area contributed by atoms with Crippen LogP contribution in [0.4, 0.5) is 0 Å². The highest BCUT2D eigenvalue weighted by Crippen LogP contribution is 2.29. The van der Waals surface area contributed by atoms with Gasteiger partial charge < -0.3 is 9.67 Å². The summed E-state index contributed by atoms with van der Waals surface area (Å²) in [7, 11) is 0. The summed E-state index contributed by atoms with van der Waals surface area (Å²) in [6.07, 6.45) is 5.88. The second kappa shape index (κ2) is 8.49. The van der Waals surface area contributed by atoms with Gasteiger partial charge in [0.1, 0.15) is 0 Å². The number of aromatic nitrogens is 2. The third-order valence-corrected chi connectivity index (χ3v) is 5.65. The third-order valence-electron chi connectivity index (χ3n) is 4.00. The number of hydrogen-bond donors (Lipinski definition) is 1. The molecule has 1 atom stereocenters. The van der Waals surface area contributed by atoms with Crippen molar-refractivity contribution in [3.63, 3.8) is 0 Å². The molecule has 1 unspecified atom stereocenters. The molecule has 2 aromatic carbocycles. The Morgan fingerprint density at radius 2 is 1.92 bits per heavy atom. The van der Waals surface area contributed by atoms with Crippen LogP contribution < -0.4 is 0 Å². The van der Waals surface area contributed by atoms with Gasteiger partial charge in [-0.05, 0) is 42.3 Å².